The van der Waals surface area contributed by atoms with Crippen LogP contribution in [0.2, 0.25) is 0 Å². The Morgan fingerprint density at radius 2 is 1.00 bits per heavy atom. The zero-order valence-corrected chi connectivity index (χ0v) is 35.6. The van der Waals surface area contributed by atoms with Gasteiger partial charge in [0.2, 0.25) is 5.91 Å². The van der Waals surface area contributed by atoms with E-state index < -0.39 is 26.5 Å². The van der Waals surface area contributed by atoms with Gasteiger partial charge in [-0.05, 0) is 51.4 Å². The molecule has 0 saturated carbocycles. The molecule has 0 bridgehead atoms. The topological polar surface area (TPSA) is 131 Å². The van der Waals surface area contributed by atoms with Crippen molar-refractivity contribution in [3.63, 3.8) is 0 Å². The fourth-order valence-corrected chi connectivity index (χ4v) is 6.73. The minimum atomic E-state index is -4.42. The van der Waals surface area contributed by atoms with Crippen LogP contribution in [0.4, 0.5) is 0 Å². The van der Waals surface area contributed by atoms with E-state index >= 15 is 0 Å². The highest BCUT2D eigenvalue weighted by molar-refractivity contribution is 7.47. The van der Waals surface area contributed by atoms with Crippen molar-refractivity contribution in [2.24, 2.45) is 0 Å². The standard InChI is InChI=1S/C44H82NO8P/c1-3-5-7-9-11-13-15-17-19-20-21-22-23-24-26-28-30-32-34-36-43(47)45-38-39-52-54(49,50)53-41-42(46)40-51-44(48)37-35-33-31-29-27-25-18-16-14-12-10-8-6-4-2/h11,13,17,19,21-22,42,46H,3-10,12,14-16,18,20,23-41H2,1-2H3,(H,45,47)(H,49,50)/b13-11-,19-17-,22-21-. The molecule has 0 fully saturated rings. The molecule has 0 saturated heterocycles. The molecule has 9 nitrogen and oxygen atoms in total. The molecule has 0 spiro atoms. The van der Waals surface area contributed by atoms with Gasteiger partial charge in [0.25, 0.3) is 0 Å². The molecule has 2 unspecified atom stereocenters. The van der Waals surface area contributed by atoms with Crippen molar-refractivity contribution < 1.29 is 37.9 Å². The Morgan fingerprint density at radius 1 is 0.574 bits per heavy atom. The van der Waals surface area contributed by atoms with Gasteiger partial charge in [-0.25, -0.2) is 4.57 Å². The van der Waals surface area contributed by atoms with Gasteiger partial charge in [-0.1, -0.05) is 172 Å². The number of rotatable bonds is 41. The first-order valence-electron chi connectivity index (χ1n) is 22.0. The molecular formula is C44H82NO8P. The second-order valence-corrected chi connectivity index (χ2v) is 16.1. The van der Waals surface area contributed by atoms with Crippen LogP contribution in [-0.4, -0.2) is 54.3 Å². The Hall–Kier alpha value is -1.77. The summed E-state index contributed by atoms with van der Waals surface area (Å²) in [7, 11) is -4.42. The number of esters is 1. The number of aliphatic hydroxyl groups excluding tert-OH is 1. The average molecular weight is 784 g/mol. The van der Waals surface area contributed by atoms with E-state index in [1.54, 1.807) is 0 Å². The zero-order valence-electron chi connectivity index (χ0n) is 34.7. The summed E-state index contributed by atoms with van der Waals surface area (Å²) >= 11 is 0. The molecule has 0 aromatic carbocycles. The molecule has 1 amide bonds. The molecule has 10 heteroatoms. The number of nitrogens with one attached hydrogen (secondary N) is 1. The summed E-state index contributed by atoms with van der Waals surface area (Å²) in [5.74, 6) is -0.525. The number of aliphatic hydroxyl groups is 1. The van der Waals surface area contributed by atoms with Crippen LogP contribution in [0.15, 0.2) is 36.5 Å². The van der Waals surface area contributed by atoms with Gasteiger partial charge in [-0.15, -0.1) is 0 Å². The molecule has 0 aromatic heterocycles. The molecule has 54 heavy (non-hydrogen) atoms. The van der Waals surface area contributed by atoms with Crippen LogP contribution in [0.1, 0.15) is 200 Å². The molecule has 0 radical (unpaired) electrons. The van der Waals surface area contributed by atoms with Crippen LogP contribution in [0.25, 0.3) is 0 Å². The Bertz CT molecular complexity index is 986. The van der Waals surface area contributed by atoms with E-state index in [0.717, 1.165) is 64.2 Å². The number of ether oxygens (including phenoxy) is 1. The van der Waals surface area contributed by atoms with Crippen LogP contribution >= 0.6 is 7.82 Å². The lowest BCUT2D eigenvalue weighted by molar-refractivity contribution is -0.147. The molecule has 2 atom stereocenters. The highest BCUT2D eigenvalue weighted by atomic mass is 31.2. The minimum Gasteiger partial charge on any atom is -0.463 e. The number of phosphoric acid groups is 1. The molecule has 0 aliphatic heterocycles. The number of unbranched alkanes of at least 4 members (excludes halogenated alkanes) is 22. The Balaban J connectivity index is 3.61. The van der Waals surface area contributed by atoms with Crippen LogP contribution in [0, 0.1) is 0 Å². The number of phosphoric ester groups is 1. The van der Waals surface area contributed by atoms with Crippen molar-refractivity contribution in [2.45, 2.75) is 206 Å². The summed E-state index contributed by atoms with van der Waals surface area (Å²) < 4.78 is 26.9. The third-order valence-electron chi connectivity index (χ3n) is 9.32. The van der Waals surface area contributed by atoms with Crippen molar-refractivity contribution >= 4 is 19.7 Å². The number of amides is 1. The van der Waals surface area contributed by atoms with Crippen molar-refractivity contribution in [2.75, 3.05) is 26.4 Å². The lowest BCUT2D eigenvalue weighted by atomic mass is 10.0. The third kappa shape index (κ3) is 41.4. The van der Waals surface area contributed by atoms with Crippen LogP contribution < -0.4 is 5.32 Å². The summed E-state index contributed by atoms with van der Waals surface area (Å²) in [5.41, 5.74) is 0. The van der Waals surface area contributed by atoms with Gasteiger partial charge in [0.1, 0.15) is 12.7 Å². The van der Waals surface area contributed by atoms with Gasteiger partial charge in [0.05, 0.1) is 13.2 Å². The van der Waals surface area contributed by atoms with E-state index in [1.807, 2.05) is 0 Å². The first-order chi connectivity index (χ1) is 26.3. The van der Waals surface area contributed by atoms with Gasteiger partial charge in [0.15, 0.2) is 0 Å². The molecule has 316 valence electrons. The van der Waals surface area contributed by atoms with Gasteiger partial charge in [0, 0.05) is 19.4 Å². The van der Waals surface area contributed by atoms with Gasteiger partial charge >= 0.3 is 13.8 Å². The molecule has 0 rings (SSSR count). The fourth-order valence-electron chi connectivity index (χ4n) is 5.98. The predicted molar refractivity (Wildman–Crippen MR) is 224 cm³/mol. The summed E-state index contributed by atoms with van der Waals surface area (Å²) in [6.45, 7) is 3.52. The smallest absolute Gasteiger partial charge is 0.463 e. The Labute approximate surface area is 331 Å². The predicted octanol–water partition coefficient (Wildman–Crippen LogP) is 12.2. The summed E-state index contributed by atoms with van der Waals surface area (Å²) in [6.07, 6.45) is 45.0. The summed E-state index contributed by atoms with van der Waals surface area (Å²) in [6, 6.07) is 0. The van der Waals surface area contributed by atoms with Crippen molar-refractivity contribution in [3.8, 4) is 0 Å². The van der Waals surface area contributed by atoms with E-state index in [1.165, 1.54) is 109 Å². The van der Waals surface area contributed by atoms with E-state index in [4.69, 9.17) is 13.8 Å². The number of hydrogen-bond acceptors (Lipinski definition) is 7. The number of carbonyl (C=O) groups is 2. The maximum atomic E-state index is 12.1. The minimum absolute atomic E-state index is 0.0750. The molecule has 0 aliphatic carbocycles. The first kappa shape index (κ1) is 52.2. The number of carbonyl (C=O) groups excluding carboxylic acids is 2. The molecule has 3 N–H and O–H groups in total. The second-order valence-electron chi connectivity index (χ2n) is 14.7. The fraction of sp³-hybridized carbons (Fsp3) is 0.818. The van der Waals surface area contributed by atoms with E-state index in [-0.39, 0.29) is 32.1 Å². The molecule has 0 aliphatic rings. The average Bonchev–Trinajstić information content (AvgIpc) is 3.16. The highest BCUT2D eigenvalue weighted by Crippen LogP contribution is 2.42. The number of allylic oxidation sites excluding steroid dienone is 6. The van der Waals surface area contributed by atoms with Crippen LogP contribution in [0.5, 0.6) is 0 Å². The van der Waals surface area contributed by atoms with Crippen molar-refractivity contribution in [1.82, 2.24) is 5.32 Å². The van der Waals surface area contributed by atoms with Crippen molar-refractivity contribution in [3.05, 3.63) is 36.5 Å². The van der Waals surface area contributed by atoms with Crippen LogP contribution in [0.3, 0.4) is 0 Å². The van der Waals surface area contributed by atoms with E-state index in [0.29, 0.717) is 6.42 Å². The molecular weight excluding hydrogens is 701 g/mol. The Morgan fingerprint density at radius 3 is 1.54 bits per heavy atom. The summed E-state index contributed by atoms with van der Waals surface area (Å²) in [5, 5.41) is 12.7. The largest absolute Gasteiger partial charge is 0.472 e. The maximum Gasteiger partial charge on any atom is 0.472 e. The molecule has 0 aromatic rings. The normalized spacial score (nSPS) is 13.6. The number of hydrogen-bond donors (Lipinski definition) is 3. The lowest BCUT2D eigenvalue weighted by Gasteiger charge is -2.15. The maximum absolute atomic E-state index is 12.1. The summed E-state index contributed by atoms with van der Waals surface area (Å²) in [4.78, 5) is 33.9. The van der Waals surface area contributed by atoms with Gasteiger partial charge in [-0.3, -0.25) is 18.6 Å². The van der Waals surface area contributed by atoms with E-state index in [9.17, 15) is 24.2 Å². The zero-order chi connectivity index (χ0) is 39.6. The van der Waals surface area contributed by atoms with Crippen molar-refractivity contribution in [1.29, 1.82) is 0 Å². The first-order valence-corrected chi connectivity index (χ1v) is 23.5. The van der Waals surface area contributed by atoms with Gasteiger partial charge in [-0.2, -0.15) is 0 Å². The monoisotopic (exact) mass is 784 g/mol. The Kier molecular flexibility index (Phi) is 39.5. The third-order valence-corrected chi connectivity index (χ3v) is 10.3. The highest BCUT2D eigenvalue weighted by Gasteiger charge is 2.23. The van der Waals surface area contributed by atoms with Gasteiger partial charge < -0.3 is 20.1 Å². The molecule has 0 heterocycles. The second kappa shape index (κ2) is 40.9. The SMILES string of the molecule is CCCCC/C=C\C/C=C\C/C=C\CCCCCCCCC(=O)NCCOP(=O)(O)OCC(O)COC(=O)CCCCCCCCCCCCCCCC. The quantitative estimate of drug-likeness (QED) is 0.0242. The lowest BCUT2D eigenvalue weighted by Crippen LogP contribution is -2.27. The van der Waals surface area contributed by atoms with Crippen LogP contribution in [-0.2, 0) is 27.9 Å². The van der Waals surface area contributed by atoms with E-state index in [2.05, 4.69) is 55.6 Å².